The summed E-state index contributed by atoms with van der Waals surface area (Å²) in [5.74, 6) is -2.25. The van der Waals surface area contributed by atoms with Gasteiger partial charge in [0, 0.05) is 10.5 Å². The molecule has 1 aromatic rings. The number of hydrogen-bond acceptors (Lipinski definition) is 2. The fourth-order valence-electron chi connectivity index (χ4n) is 2.06. The standard InChI is InChI=1S/C15H19BrFNO3/c1-15(2,3)8-10(7-13(19)20)18-14(21)11-5-4-9(16)6-12(11)17/h4-6,10H,7-8H2,1-3H3,(H,18,21)(H,19,20). The number of amides is 1. The van der Waals surface area contributed by atoms with Crippen LogP contribution in [0.4, 0.5) is 4.39 Å². The number of rotatable bonds is 5. The van der Waals surface area contributed by atoms with Crippen LogP contribution in [0.1, 0.15) is 44.0 Å². The largest absolute Gasteiger partial charge is 0.481 e. The predicted octanol–water partition coefficient (Wildman–Crippen LogP) is 3.60. The normalized spacial score (nSPS) is 12.8. The Morgan fingerprint density at radius 3 is 2.48 bits per heavy atom. The number of halogens is 2. The molecular formula is C15H19BrFNO3. The fourth-order valence-corrected chi connectivity index (χ4v) is 2.39. The number of carbonyl (C=O) groups excluding carboxylic acids is 1. The van der Waals surface area contributed by atoms with Crippen molar-refractivity contribution >= 4 is 27.8 Å². The van der Waals surface area contributed by atoms with Gasteiger partial charge in [0.15, 0.2) is 0 Å². The minimum Gasteiger partial charge on any atom is -0.481 e. The van der Waals surface area contributed by atoms with Crippen LogP contribution in [0.3, 0.4) is 0 Å². The lowest BCUT2D eigenvalue weighted by molar-refractivity contribution is -0.137. The van der Waals surface area contributed by atoms with Crippen molar-refractivity contribution in [1.82, 2.24) is 5.32 Å². The van der Waals surface area contributed by atoms with E-state index in [9.17, 15) is 14.0 Å². The van der Waals surface area contributed by atoms with Crippen LogP contribution in [0.2, 0.25) is 0 Å². The maximum Gasteiger partial charge on any atom is 0.305 e. The number of nitrogens with one attached hydrogen (secondary N) is 1. The summed E-state index contributed by atoms with van der Waals surface area (Å²) in [5.41, 5.74) is -0.242. The van der Waals surface area contributed by atoms with Gasteiger partial charge in [0.2, 0.25) is 0 Å². The molecule has 0 fully saturated rings. The number of aliphatic carboxylic acids is 1. The molecule has 0 aliphatic carbocycles. The van der Waals surface area contributed by atoms with Crippen molar-refractivity contribution in [2.45, 2.75) is 39.7 Å². The van der Waals surface area contributed by atoms with Crippen LogP contribution in [-0.4, -0.2) is 23.0 Å². The summed E-state index contributed by atoms with van der Waals surface area (Å²) in [7, 11) is 0. The van der Waals surface area contributed by atoms with Crippen molar-refractivity contribution in [1.29, 1.82) is 0 Å². The topological polar surface area (TPSA) is 66.4 Å². The van der Waals surface area contributed by atoms with E-state index in [1.54, 1.807) is 6.07 Å². The van der Waals surface area contributed by atoms with Crippen LogP contribution < -0.4 is 5.32 Å². The van der Waals surface area contributed by atoms with Crippen molar-refractivity contribution in [3.05, 3.63) is 34.1 Å². The molecule has 1 unspecified atom stereocenters. The highest BCUT2D eigenvalue weighted by Gasteiger charge is 2.24. The van der Waals surface area contributed by atoms with Crippen LogP contribution in [-0.2, 0) is 4.79 Å². The minimum absolute atomic E-state index is 0.0949. The van der Waals surface area contributed by atoms with Gasteiger partial charge in [-0.2, -0.15) is 0 Å². The Bertz CT molecular complexity index is 540. The third-order valence-corrected chi connectivity index (χ3v) is 3.28. The highest BCUT2D eigenvalue weighted by Crippen LogP contribution is 2.23. The maximum atomic E-state index is 13.7. The van der Waals surface area contributed by atoms with E-state index in [0.29, 0.717) is 10.9 Å². The average molecular weight is 360 g/mol. The van der Waals surface area contributed by atoms with E-state index >= 15 is 0 Å². The zero-order valence-electron chi connectivity index (χ0n) is 12.2. The molecule has 116 valence electrons. The third-order valence-electron chi connectivity index (χ3n) is 2.79. The van der Waals surface area contributed by atoms with Gasteiger partial charge in [0.1, 0.15) is 5.82 Å². The molecule has 0 bridgehead atoms. The van der Waals surface area contributed by atoms with Gasteiger partial charge in [-0.3, -0.25) is 9.59 Å². The SMILES string of the molecule is CC(C)(C)CC(CC(=O)O)NC(=O)c1ccc(Br)cc1F. The van der Waals surface area contributed by atoms with E-state index in [4.69, 9.17) is 5.11 Å². The van der Waals surface area contributed by atoms with Crippen molar-refractivity contribution < 1.29 is 19.1 Å². The van der Waals surface area contributed by atoms with Gasteiger partial charge in [-0.05, 0) is 30.0 Å². The van der Waals surface area contributed by atoms with E-state index in [1.807, 2.05) is 20.8 Å². The van der Waals surface area contributed by atoms with E-state index in [0.717, 1.165) is 0 Å². The van der Waals surface area contributed by atoms with E-state index in [2.05, 4.69) is 21.2 Å². The predicted molar refractivity (Wildman–Crippen MR) is 81.7 cm³/mol. The molecule has 4 nitrogen and oxygen atoms in total. The first kappa shape index (κ1) is 17.6. The molecule has 6 heteroatoms. The third kappa shape index (κ3) is 6.25. The number of carboxylic acids is 1. The molecule has 1 rings (SSSR count). The number of hydrogen-bond donors (Lipinski definition) is 2. The molecule has 0 aliphatic heterocycles. The summed E-state index contributed by atoms with van der Waals surface area (Å²) in [6.07, 6.45) is 0.296. The molecule has 1 atom stereocenters. The molecule has 0 saturated heterocycles. The smallest absolute Gasteiger partial charge is 0.305 e. The molecular weight excluding hydrogens is 341 g/mol. The number of carboxylic acid groups (broad SMARTS) is 1. The zero-order chi connectivity index (χ0) is 16.2. The summed E-state index contributed by atoms with van der Waals surface area (Å²) < 4.78 is 14.3. The molecule has 0 heterocycles. The van der Waals surface area contributed by atoms with Crippen LogP contribution in [0.15, 0.2) is 22.7 Å². The second-order valence-corrected chi connectivity index (χ2v) is 7.07. The lowest BCUT2D eigenvalue weighted by atomic mass is 9.87. The van der Waals surface area contributed by atoms with Gasteiger partial charge in [0.25, 0.3) is 5.91 Å². The fraction of sp³-hybridized carbons (Fsp3) is 0.467. The first-order valence-electron chi connectivity index (χ1n) is 6.56. The van der Waals surface area contributed by atoms with Gasteiger partial charge in [-0.15, -0.1) is 0 Å². The molecule has 2 N–H and O–H groups in total. The van der Waals surface area contributed by atoms with Crippen LogP contribution in [0.25, 0.3) is 0 Å². The van der Waals surface area contributed by atoms with Crippen LogP contribution in [0.5, 0.6) is 0 Å². The van der Waals surface area contributed by atoms with Crippen molar-refractivity contribution in [2.24, 2.45) is 5.41 Å². The summed E-state index contributed by atoms with van der Waals surface area (Å²) in [5, 5.41) is 11.5. The van der Waals surface area contributed by atoms with Crippen molar-refractivity contribution in [2.75, 3.05) is 0 Å². The lowest BCUT2D eigenvalue weighted by Crippen LogP contribution is -2.39. The summed E-state index contributed by atoms with van der Waals surface area (Å²) in [4.78, 5) is 23.0. The molecule has 1 aromatic carbocycles. The monoisotopic (exact) mass is 359 g/mol. The molecule has 0 aliphatic rings. The first-order valence-corrected chi connectivity index (χ1v) is 7.35. The Balaban J connectivity index is 2.86. The molecule has 1 amide bonds. The molecule has 0 radical (unpaired) electrons. The zero-order valence-corrected chi connectivity index (χ0v) is 13.8. The van der Waals surface area contributed by atoms with Gasteiger partial charge < -0.3 is 10.4 Å². The van der Waals surface area contributed by atoms with Crippen LogP contribution in [0, 0.1) is 11.2 Å². The lowest BCUT2D eigenvalue weighted by Gasteiger charge is -2.25. The number of benzene rings is 1. The quantitative estimate of drug-likeness (QED) is 0.843. The average Bonchev–Trinajstić information content (AvgIpc) is 2.24. The van der Waals surface area contributed by atoms with Gasteiger partial charge in [-0.1, -0.05) is 36.7 Å². The Labute approximate surface area is 131 Å². The summed E-state index contributed by atoms with van der Waals surface area (Å²) >= 11 is 3.12. The van der Waals surface area contributed by atoms with Gasteiger partial charge in [-0.25, -0.2) is 4.39 Å². The minimum atomic E-state index is -0.999. The second-order valence-electron chi connectivity index (χ2n) is 6.16. The highest BCUT2D eigenvalue weighted by molar-refractivity contribution is 9.10. The van der Waals surface area contributed by atoms with Crippen molar-refractivity contribution in [3.63, 3.8) is 0 Å². The van der Waals surface area contributed by atoms with Gasteiger partial charge in [0.05, 0.1) is 12.0 Å². The summed E-state index contributed by atoms with van der Waals surface area (Å²) in [6, 6.07) is 3.58. The van der Waals surface area contributed by atoms with E-state index < -0.39 is 23.7 Å². The van der Waals surface area contributed by atoms with E-state index in [-0.39, 0.29) is 17.4 Å². The highest BCUT2D eigenvalue weighted by atomic mass is 79.9. The van der Waals surface area contributed by atoms with Crippen LogP contribution >= 0.6 is 15.9 Å². The Morgan fingerprint density at radius 1 is 1.38 bits per heavy atom. The summed E-state index contributed by atoms with van der Waals surface area (Å²) in [6.45, 7) is 5.86. The second kappa shape index (κ2) is 7.02. The maximum absolute atomic E-state index is 13.7. The van der Waals surface area contributed by atoms with Gasteiger partial charge >= 0.3 is 5.97 Å². The first-order chi connectivity index (χ1) is 9.58. The molecule has 0 spiro atoms. The number of carbonyl (C=O) groups is 2. The molecule has 0 saturated carbocycles. The Hall–Kier alpha value is -1.43. The molecule has 0 aromatic heterocycles. The molecule has 21 heavy (non-hydrogen) atoms. The Kier molecular flexibility index (Phi) is 5.89. The Morgan fingerprint density at radius 2 is 2.00 bits per heavy atom. The van der Waals surface area contributed by atoms with E-state index in [1.165, 1.54) is 12.1 Å². The van der Waals surface area contributed by atoms with Crippen molar-refractivity contribution in [3.8, 4) is 0 Å².